The Kier molecular flexibility index (Phi) is 6.82. The Labute approximate surface area is 197 Å². The van der Waals surface area contributed by atoms with E-state index in [0.717, 1.165) is 42.9 Å². The Hall–Kier alpha value is -3.30. The molecule has 1 fully saturated rings. The first-order valence-electron chi connectivity index (χ1n) is 11.6. The zero-order valence-electron chi connectivity index (χ0n) is 18.9. The predicted molar refractivity (Wildman–Crippen MR) is 122 cm³/mol. The summed E-state index contributed by atoms with van der Waals surface area (Å²) in [5.41, 5.74) is 2.85. The van der Waals surface area contributed by atoms with Crippen molar-refractivity contribution in [2.75, 3.05) is 19.7 Å². The number of carbonyl (C=O) groups is 1. The molecule has 0 saturated carbocycles. The van der Waals surface area contributed by atoms with Crippen LogP contribution < -0.4 is 10.1 Å². The summed E-state index contributed by atoms with van der Waals surface area (Å²) in [4.78, 5) is 14.6. The van der Waals surface area contributed by atoms with E-state index >= 15 is 0 Å². The molecular formula is C25H28FN5O3. The number of halogens is 1. The molecule has 9 heteroatoms. The van der Waals surface area contributed by atoms with Crippen molar-refractivity contribution in [3.8, 4) is 5.75 Å². The molecule has 1 aromatic heterocycles. The zero-order chi connectivity index (χ0) is 23.3. The topological polar surface area (TPSA) is 81.5 Å². The molecule has 2 aliphatic rings. The van der Waals surface area contributed by atoms with Gasteiger partial charge in [0.1, 0.15) is 23.4 Å². The van der Waals surface area contributed by atoms with Gasteiger partial charge in [-0.05, 0) is 42.7 Å². The summed E-state index contributed by atoms with van der Waals surface area (Å²) < 4.78 is 26.7. The highest BCUT2D eigenvalue weighted by Crippen LogP contribution is 2.27. The average Bonchev–Trinajstić information content (AvgIpc) is 3.27. The second-order valence-electron chi connectivity index (χ2n) is 8.74. The summed E-state index contributed by atoms with van der Waals surface area (Å²) in [7, 11) is 0. The van der Waals surface area contributed by atoms with Crippen molar-refractivity contribution in [3.63, 3.8) is 0 Å². The summed E-state index contributed by atoms with van der Waals surface area (Å²) >= 11 is 0. The quantitative estimate of drug-likeness (QED) is 0.578. The summed E-state index contributed by atoms with van der Waals surface area (Å²) in [6.45, 7) is 3.46. The Bertz CT molecular complexity index is 1100. The highest BCUT2D eigenvalue weighted by Gasteiger charge is 2.27. The molecule has 2 aromatic carbocycles. The van der Waals surface area contributed by atoms with Crippen LogP contribution in [0.25, 0.3) is 0 Å². The molecule has 1 saturated heterocycles. The van der Waals surface area contributed by atoms with Crippen LogP contribution in [0, 0.1) is 5.82 Å². The third-order valence-corrected chi connectivity index (χ3v) is 6.36. The van der Waals surface area contributed by atoms with Gasteiger partial charge in [0.15, 0.2) is 6.61 Å². The molecular weight excluding hydrogens is 437 g/mol. The maximum absolute atomic E-state index is 13.2. The molecule has 1 N–H and O–H groups in total. The summed E-state index contributed by atoms with van der Waals surface area (Å²) in [5.74, 6) is 0.340. The molecule has 2 aliphatic heterocycles. The fraction of sp³-hybridized carbons (Fsp3) is 0.400. The molecule has 3 heterocycles. The van der Waals surface area contributed by atoms with Crippen LogP contribution in [-0.4, -0.2) is 51.5 Å². The van der Waals surface area contributed by atoms with E-state index in [4.69, 9.17) is 9.47 Å². The van der Waals surface area contributed by atoms with Gasteiger partial charge in [-0.25, -0.2) is 9.07 Å². The molecule has 0 bridgehead atoms. The van der Waals surface area contributed by atoms with E-state index < -0.39 is 0 Å². The minimum atomic E-state index is -0.257. The van der Waals surface area contributed by atoms with Gasteiger partial charge in [-0.15, -0.1) is 5.10 Å². The Morgan fingerprint density at radius 1 is 1.12 bits per heavy atom. The van der Waals surface area contributed by atoms with E-state index in [1.54, 1.807) is 12.1 Å². The average molecular weight is 466 g/mol. The van der Waals surface area contributed by atoms with Crippen molar-refractivity contribution >= 4 is 5.91 Å². The molecule has 34 heavy (non-hydrogen) atoms. The lowest BCUT2D eigenvalue weighted by Gasteiger charge is -2.32. The first-order chi connectivity index (χ1) is 16.6. The standard InChI is InChI=1S/C25H28FN5O3/c26-19-8-6-18(7-9-19)24-15-31-23(16-34-24)22(28-29-31)14-30-12-10-20(11-13-30)27-25(32)17-33-21-4-2-1-3-5-21/h1-9,20,24H,10-17H2,(H,27,32)/t24-/m1/s1. The van der Waals surface area contributed by atoms with E-state index in [1.165, 1.54) is 12.1 Å². The lowest BCUT2D eigenvalue weighted by molar-refractivity contribution is -0.124. The molecule has 3 aromatic rings. The number of nitrogens with zero attached hydrogens (tertiary/aromatic N) is 4. The molecule has 0 spiro atoms. The third-order valence-electron chi connectivity index (χ3n) is 6.36. The first kappa shape index (κ1) is 22.5. The van der Waals surface area contributed by atoms with Gasteiger partial charge in [0.05, 0.1) is 18.8 Å². The summed E-state index contributed by atoms with van der Waals surface area (Å²) in [5, 5.41) is 11.8. The van der Waals surface area contributed by atoms with E-state index in [2.05, 4.69) is 20.5 Å². The van der Waals surface area contributed by atoms with Crippen molar-refractivity contribution in [1.82, 2.24) is 25.2 Å². The number of ether oxygens (including phenoxy) is 2. The van der Waals surface area contributed by atoms with Crippen LogP contribution in [0.15, 0.2) is 54.6 Å². The van der Waals surface area contributed by atoms with Gasteiger partial charge in [-0.3, -0.25) is 9.69 Å². The molecule has 8 nitrogen and oxygen atoms in total. The number of para-hydroxylation sites is 1. The van der Waals surface area contributed by atoms with Crippen LogP contribution in [0.3, 0.4) is 0 Å². The van der Waals surface area contributed by atoms with Gasteiger partial charge in [0.2, 0.25) is 0 Å². The van der Waals surface area contributed by atoms with E-state index in [9.17, 15) is 9.18 Å². The zero-order valence-corrected chi connectivity index (χ0v) is 18.9. The van der Waals surface area contributed by atoms with Crippen molar-refractivity contribution in [1.29, 1.82) is 0 Å². The number of rotatable bonds is 7. The van der Waals surface area contributed by atoms with Crippen molar-refractivity contribution in [2.45, 2.75) is 44.7 Å². The van der Waals surface area contributed by atoms with E-state index in [1.807, 2.05) is 35.0 Å². The predicted octanol–water partition coefficient (Wildman–Crippen LogP) is 2.85. The number of likely N-dealkylation sites (tertiary alicyclic amines) is 1. The SMILES string of the molecule is O=C(COc1ccccc1)NC1CCN(Cc2nnn3c2CO[C@@H](c2ccc(F)cc2)C3)CC1. The molecule has 1 atom stereocenters. The highest BCUT2D eigenvalue weighted by molar-refractivity contribution is 5.77. The second-order valence-corrected chi connectivity index (χ2v) is 8.74. The van der Waals surface area contributed by atoms with Crippen LogP contribution in [0.1, 0.15) is 35.9 Å². The van der Waals surface area contributed by atoms with Gasteiger partial charge in [-0.2, -0.15) is 0 Å². The Morgan fingerprint density at radius 3 is 2.65 bits per heavy atom. The first-order valence-corrected chi connectivity index (χ1v) is 11.6. The summed E-state index contributed by atoms with van der Waals surface area (Å²) in [6.07, 6.45) is 1.60. The number of nitrogens with one attached hydrogen (secondary N) is 1. The molecule has 1 amide bonds. The van der Waals surface area contributed by atoms with Crippen molar-refractivity contribution in [2.24, 2.45) is 0 Å². The molecule has 178 valence electrons. The maximum Gasteiger partial charge on any atom is 0.258 e. The normalized spacial score (nSPS) is 18.9. The lowest BCUT2D eigenvalue weighted by atomic mass is 10.0. The van der Waals surface area contributed by atoms with Crippen LogP contribution in [0.2, 0.25) is 0 Å². The van der Waals surface area contributed by atoms with Crippen LogP contribution in [0.4, 0.5) is 4.39 Å². The largest absolute Gasteiger partial charge is 0.484 e. The highest BCUT2D eigenvalue weighted by atomic mass is 19.1. The number of piperidine rings is 1. The molecule has 0 aliphatic carbocycles. The number of benzene rings is 2. The number of hydrogen-bond acceptors (Lipinski definition) is 6. The fourth-order valence-corrected chi connectivity index (χ4v) is 4.45. The number of carbonyl (C=O) groups excluding carboxylic acids is 1. The third kappa shape index (κ3) is 5.43. The maximum atomic E-state index is 13.2. The smallest absolute Gasteiger partial charge is 0.258 e. The van der Waals surface area contributed by atoms with Gasteiger partial charge in [0.25, 0.3) is 5.91 Å². The van der Waals surface area contributed by atoms with Gasteiger partial charge in [0, 0.05) is 25.7 Å². The molecule has 0 unspecified atom stereocenters. The summed E-state index contributed by atoms with van der Waals surface area (Å²) in [6, 6.07) is 15.9. The van der Waals surface area contributed by atoms with Crippen molar-refractivity contribution in [3.05, 3.63) is 77.4 Å². The Morgan fingerprint density at radius 2 is 1.88 bits per heavy atom. The molecule has 0 radical (unpaired) electrons. The van der Waals surface area contributed by atoms with Gasteiger partial charge >= 0.3 is 0 Å². The second kappa shape index (κ2) is 10.3. The van der Waals surface area contributed by atoms with Gasteiger partial charge < -0.3 is 14.8 Å². The van der Waals surface area contributed by atoms with E-state index in [-0.39, 0.29) is 30.5 Å². The number of fused-ring (bicyclic) bond motifs is 1. The van der Waals surface area contributed by atoms with E-state index in [0.29, 0.717) is 25.4 Å². The minimum absolute atomic E-state index is 0.0234. The fourth-order valence-electron chi connectivity index (χ4n) is 4.45. The monoisotopic (exact) mass is 465 g/mol. The number of aromatic nitrogens is 3. The van der Waals surface area contributed by atoms with Crippen LogP contribution >= 0.6 is 0 Å². The van der Waals surface area contributed by atoms with Crippen LogP contribution in [0.5, 0.6) is 5.75 Å². The minimum Gasteiger partial charge on any atom is -0.484 e. The van der Waals surface area contributed by atoms with Gasteiger partial charge in [-0.1, -0.05) is 35.5 Å². The molecule has 5 rings (SSSR count). The number of amides is 1. The number of hydrogen-bond donors (Lipinski definition) is 1. The Balaban J connectivity index is 1.08. The van der Waals surface area contributed by atoms with Crippen molar-refractivity contribution < 1.29 is 18.7 Å². The lowest BCUT2D eigenvalue weighted by Crippen LogP contribution is -2.45. The van der Waals surface area contributed by atoms with Crippen LogP contribution in [-0.2, 0) is 29.2 Å².